The van der Waals surface area contributed by atoms with E-state index in [4.69, 9.17) is 0 Å². The Morgan fingerprint density at radius 1 is 1.14 bits per heavy atom. The molecule has 2 heteroatoms. The number of allylic oxidation sites excluding steroid dienone is 1. The second kappa shape index (κ2) is 4.01. The highest BCUT2D eigenvalue weighted by Gasteiger charge is 2.13. The Morgan fingerprint density at radius 3 is 2.07 bits per heavy atom. The number of rotatable bonds is 4. The molecular formula is C12H14N2. The number of nitrogens with one attached hydrogen (secondary N) is 2. The third-order valence-corrected chi connectivity index (χ3v) is 2.40. The summed E-state index contributed by atoms with van der Waals surface area (Å²) < 4.78 is 0. The van der Waals surface area contributed by atoms with Crippen LogP contribution in [-0.4, -0.2) is 9.97 Å². The van der Waals surface area contributed by atoms with Crippen LogP contribution in [0.2, 0.25) is 0 Å². The van der Waals surface area contributed by atoms with Crippen molar-refractivity contribution in [2.24, 2.45) is 0 Å². The second-order valence-corrected chi connectivity index (χ2v) is 3.33. The molecule has 0 saturated carbocycles. The van der Waals surface area contributed by atoms with Crippen molar-refractivity contribution in [2.45, 2.75) is 12.3 Å². The first-order chi connectivity index (χ1) is 6.92. The fourth-order valence-corrected chi connectivity index (χ4v) is 1.71. The molecular weight excluding hydrogens is 172 g/mol. The quantitative estimate of drug-likeness (QED) is 0.688. The number of H-pyrrole nitrogens is 2. The third-order valence-electron chi connectivity index (χ3n) is 2.40. The maximum Gasteiger partial charge on any atom is 0.0426 e. The molecule has 0 amide bonds. The van der Waals surface area contributed by atoms with Gasteiger partial charge >= 0.3 is 0 Å². The van der Waals surface area contributed by atoms with Gasteiger partial charge in [0.15, 0.2) is 0 Å². The summed E-state index contributed by atoms with van der Waals surface area (Å²) in [5.41, 5.74) is 2.46. The fraction of sp³-hybridized carbons (Fsp3) is 0.167. The summed E-state index contributed by atoms with van der Waals surface area (Å²) in [7, 11) is 0. The molecule has 0 radical (unpaired) electrons. The predicted octanol–water partition coefficient (Wildman–Crippen LogP) is 3.05. The van der Waals surface area contributed by atoms with E-state index in [-0.39, 0.29) is 0 Å². The molecule has 0 fully saturated rings. The Kier molecular flexibility index (Phi) is 2.54. The van der Waals surface area contributed by atoms with E-state index in [1.54, 1.807) is 0 Å². The van der Waals surface area contributed by atoms with Crippen molar-refractivity contribution in [1.29, 1.82) is 0 Å². The van der Waals surface area contributed by atoms with Crippen molar-refractivity contribution in [1.82, 2.24) is 9.97 Å². The maximum atomic E-state index is 3.79. The van der Waals surface area contributed by atoms with Gasteiger partial charge in [0.05, 0.1) is 0 Å². The lowest BCUT2D eigenvalue weighted by molar-refractivity contribution is 0.779. The van der Waals surface area contributed by atoms with E-state index in [9.17, 15) is 0 Å². The zero-order valence-electron chi connectivity index (χ0n) is 8.03. The summed E-state index contributed by atoms with van der Waals surface area (Å²) in [6.07, 6.45) is 6.80. The molecule has 0 atom stereocenters. The maximum absolute atomic E-state index is 3.79. The number of hydrogen-bond donors (Lipinski definition) is 2. The predicted molar refractivity (Wildman–Crippen MR) is 58.2 cm³/mol. The van der Waals surface area contributed by atoms with Crippen LogP contribution in [0.3, 0.4) is 0 Å². The Bertz CT molecular complexity index is 336. The van der Waals surface area contributed by atoms with E-state index in [1.807, 2.05) is 30.6 Å². The highest BCUT2D eigenvalue weighted by molar-refractivity contribution is 5.24. The zero-order valence-corrected chi connectivity index (χ0v) is 8.03. The van der Waals surface area contributed by atoms with Crippen molar-refractivity contribution in [3.63, 3.8) is 0 Å². The van der Waals surface area contributed by atoms with Gasteiger partial charge in [-0.1, -0.05) is 6.08 Å². The van der Waals surface area contributed by atoms with Crippen LogP contribution < -0.4 is 0 Å². The molecule has 0 aliphatic carbocycles. The summed E-state index contributed by atoms with van der Waals surface area (Å²) in [5, 5.41) is 0. The molecule has 0 saturated heterocycles. The molecule has 0 bridgehead atoms. The first-order valence-corrected chi connectivity index (χ1v) is 4.79. The summed E-state index contributed by atoms with van der Waals surface area (Å²) in [6.45, 7) is 3.79. The molecule has 0 spiro atoms. The molecule has 0 unspecified atom stereocenters. The van der Waals surface area contributed by atoms with Gasteiger partial charge in [-0.3, -0.25) is 0 Å². The van der Waals surface area contributed by atoms with Crippen LogP contribution in [-0.2, 0) is 0 Å². The van der Waals surface area contributed by atoms with Gasteiger partial charge in [-0.15, -0.1) is 6.58 Å². The van der Waals surface area contributed by atoms with E-state index in [1.165, 1.54) is 11.4 Å². The highest BCUT2D eigenvalue weighted by Crippen LogP contribution is 2.25. The van der Waals surface area contributed by atoms with Crippen molar-refractivity contribution >= 4 is 0 Å². The molecule has 2 N–H and O–H groups in total. The standard InChI is InChI=1S/C12H14N2/c1-2-5-10(11-6-3-8-13-11)12-7-4-9-14-12/h2-4,6-10,13-14H,1,5H2. The van der Waals surface area contributed by atoms with Crippen molar-refractivity contribution in [2.75, 3.05) is 0 Å². The number of hydrogen-bond acceptors (Lipinski definition) is 0. The minimum atomic E-state index is 0.373. The molecule has 2 aromatic rings. The molecule has 0 aliphatic heterocycles. The van der Waals surface area contributed by atoms with Gasteiger partial charge in [0.1, 0.15) is 0 Å². The van der Waals surface area contributed by atoms with E-state index in [2.05, 4.69) is 28.7 Å². The summed E-state index contributed by atoms with van der Waals surface area (Å²) in [4.78, 5) is 6.49. The Morgan fingerprint density at radius 2 is 1.71 bits per heavy atom. The van der Waals surface area contributed by atoms with Gasteiger partial charge in [-0.2, -0.15) is 0 Å². The van der Waals surface area contributed by atoms with E-state index in [0.29, 0.717) is 5.92 Å². The lowest BCUT2D eigenvalue weighted by Gasteiger charge is -2.11. The van der Waals surface area contributed by atoms with Gasteiger partial charge in [0.2, 0.25) is 0 Å². The summed E-state index contributed by atoms with van der Waals surface area (Å²) in [6, 6.07) is 8.26. The van der Waals surface area contributed by atoms with Crippen molar-refractivity contribution in [3.8, 4) is 0 Å². The van der Waals surface area contributed by atoms with Crippen LogP contribution in [0.5, 0.6) is 0 Å². The molecule has 0 aliphatic rings. The SMILES string of the molecule is C=CCC(c1ccc[nH]1)c1ccc[nH]1. The fourth-order valence-electron chi connectivity index (χ4n) is 1.71. The highest BCUT2D eigenvalue weighted by atomic mass is 14.7. The minimum absolute atomic E-state index is 0.373. The van der Waals surface area contributed by atoms with Gasteiger partial charge < -0.3 is 9.97 Å². The molecule has 2 heterocycles. The van der Waals surface area contributed by atoms with Gasteiger partial charge in [0.25, 0.3) is 0 Å². The average Bonchev–Trinajstić information content (AvgIpc) is 2.87. The normalized spacial score (nSPS) is 10.6. The van der Waals surface area contributed by atoms with Crippen molar-refractivity contribution in [3.05, 3.63) is 60.7 Å². The van der Waals surface area contributed by atoms with E-state index >= 15 is 0 Å². The molecule has 2 rings (SSSR count). The summed E-state index contributed by atoms with van der Waals surface area (Å²) in [5.74, 6) is 0.373. The largest absolute Gasteiger partial charge is 0.364 e. The second-order valence-electron chi connectivity index (χ2n) is 3.33. The topological polar surface area (TPSA) is 31.6 Å². The third kappa shape index (κ3) is 1.64. The van der Waals surface area contributed by atoms with Gasteiger partial charge in [0, 0.05) is 29.7 Å². The van der Waals surface area contributed by atoms with Crippen LogP contribution in [0.1, 0.15) is 23.7 Å². The smallest absolute Gasteiger partial charge is 0.0426 e. The Balaban J connectivity index is 2.29. The van der Waals surface area contributed by atoms with Crippen LogP contribution in [0.25, 0.3) is 0 Å². The number of aromatic amines is 2. The van der Waals surface area contributed by atoms with Crippen LogP contribution >= 0.6 is 0 Å². The van der Waals surface area contributed by atoms with Gasteiger partial charge in [-0.25, -0.2) is 0 Å². The van der Waals surface area contributed by atoms with Crippen LogP contribution in [0.4, 0.5) is 0 Å². The first kappa shape index (κ1) is 8.88. The lowest BCUT2D eigenvalue weighted by Crippen LogP contribution is -2.00. The lowest BCUT2D eigenvalue weighted by atomic mass is 9.98. The minimum Gasteiger partial charge on any atom is -0.364 e. The first-order valence-electron chi connectivity index (χ1n) is 4.79. The molecule has 14 heavy (non-hydrogen) atoms. The zero-order chi connectivity index (χ0) is 9.80. The number of aromatic nitrogens is 2. The average molecular weight is 186 g/mol. The summed E-state index contributed by atoms with van der Waals surface area (Å²) >= 11 is 0. The van der Waals surface area contributed by atoms with Crippen LogP contribution in [0.15, 0.2) is 49.3 Å². The van der Waals surface area contributed by atoms with E-state index < -0.39 is 0 Å². The molecule has 72 valence electrons. The molecule has 0 aromatic carbocycles. The monoisotopic (exact) mass is 186 g/mol. The van der Waals surface area contributed by atoms with Gasteiger partial charge in [-0.05, 0) is 30.7 Å². The molecule has 2 nitrogen and oxygen atoms in total. The molecule has 2 aromatic heterocycles. The van der Waals surface area contributed by atoms with Crippen molar-refractivity contribution < 1.29 is 0 Å². The Hall–Kier alpha value is -1.70. The van der Waals surface area contributed by atoms with E-state index in [0.717, 1.165) is 6.42 Å². The Labute approximate surface area is 83.7 Å². The van der Waals surface area contributed by atoms with Crippen LogP contribution in [0, 0.1) is 0 Å².